The van der Waals surface area contributed by atoms with Crippen LogP contribution in [0.4, 0.5) is 4.79 Å². The molecule has 4 nitrogen and oxygen atoms in total. The molecule has 116 valence electrons. The van der Waals surface area contributed by atoms with Crippen LogP contribution in [-0.4, -0.2) is 49.2 Å². The predicted molar refractivity (Wildman–Crippen MR) is 88.1 cm³/mol. The Bertz CT molecular complexity index is 463. The minimum Gasteiger partial charge on any atom is -0.382 e. The molecule has 1 heterocycles. The Kier molecular flexibility index (Phi) is 6.21. The summed E-state index contributed by atoms with van der Waals surface area (Å²) in [4.78, 5) is 14.2. The van der Waals surface area contributed by atoms with Crippen molar-refractivity contribution < 1.29 is 9.53 Å². The molecule has 0 spiro atoms. The van der Waals surface area contributed by atoms with E-state index >= 15 is 0 Å². The first kappa shape index (κ1) is 16.5. The largest absolute Gasteiger partial charge is 0.382 e. The second-order valence-corrected chi connectivity index (χ2v) is 6.72. The molecule has 21 heavy (non-hydrogen) atoms. The fraction of sp³-hybridized carbons (Fsp3) is 0.533. The number of ether oxygens (including phenoxy) is 1. The van der Waals surface area contributed by atoms with Gasteiger partial charge in [0.15, 0.2) is 0 Å². The monoisotopic (exact) mass is 328 g/mol. The molecule has 1 fully saturated rings. The molecule has 0 radical (unpaired) electrons. The third-order valence-electron chi connectivity index (χ3n) is 3.68. The second kappa shape index (κ2) is 7.92. The van der Waals surface area contributed by atoms with Gasteiger partial charge >= 0.3 is 6.03 Å². The molecule has 1 aliphatic heterocycles. The number of thioether (sulfide) groups is 1. The van der Waals surface area contributed by atoms with E-state index in [0.717, 1.165) is 23.5 Å². The van der Waals surface area contributed by atoms with Crippen molar-refractivity contribution in [2.45, 2.75) is 18.5 Å². The number of hydrogen-bond donors (Lipinski definition) is 1. The van der Waals surface area contributed by atoms with Crippen molar-refractivity contribution in [1.82, 2.24) is 10.2 Å². The molecule has 1 saturated heterocycles. The lowest BCUT2D eigenvalue weighted by Crippen LogP contribution is -2.45. The number of hydrogen-bond acceptors (Lipinski definition) is 3. The highest BCUT2D eigenvalue weighted by Gasteiger charge is 2.25. The molecule has 0 unspecified atom stereocenters. The molecule has 1 aromatic rings. The summed E-state index contributed by atoms with van der Waals surface area (Å²) in [7, 11) is 3.49. The smallest absolute Gasteiger partial charge is 0.317 e. The van der Waals surface area contributed by atoms with E-state index in [1.807, 2.05) is 43.1 Å². The van der Waals surface area contributed by atoms with Crippen LogP contribution in [-0.2, 0) is 4.74 Å². The maximum atomic E-state index is 12.4. The molecule has 2 rings (SSSR count). The fourth-order valence-corrected chi connectivity index (χ4v) is 3.72. The number of nitrogens with one attached hydrogen (secondary N) is 1. The molecule has 0 aliphatic carbocycles. The molecule has 6 heteroatoms. The lowest BCUT2D eigenvalue weighted by molar-refractivity contribution is 0.154. The van der Waals surface area contributed by atoms with E-state index in [-0.39, 0.29) is 12.1 Å². The summed E-state index contributed by atoms with van der Waals surface area (Å²) in [5.41, 5.74) is 0.990. The summed E-state index contributed by atoms with van der Waals surface area (Å²) < 4.78 is 5.22. The van der Waals surface area contributed by atoms with Crippen LogP contribution in [0.2, 0.25) is 5.02 Å². The average Bonchev–Trinajstić information content (AvgIpc) is 3.01. The summed E-state index contributed by atoms with van der Waals surface area (Å²) in [5.74, 6) is 2.14. The first-order chi connectivity index (χ1) is 10.1. The number of methoxy groups -OCH3 is 1. The van der Waals surface area contributed by atoms with Gasteiger partial charge in [0.2, 0.25) is 0 Å². The van der Waals surface area contributed by atoms with Gasteiger partial charge in [-0.15, -0.1) is 0 Å². The van der Waals surface area contributed by atoms with Gasteiger partial charge < -0.3 is 15.0 Å². The van der Waals surface area contributed by atoms with E-state index in [0.29, 0.717) is 17.7 Å². The Balaban J connectivity index is 2.01. The van der Waals surface area contributed by atoms with Crippen LogP contribution < -0.4 is 5.32 Å². The zero-order valence-corrected chi connectivity index (χ0v) is 13.9. The summed E-state index contributed by atoms with van der Waals surface area (Å²) in [6.07, 6.45) is 1.06. The standard InChI is InChI=1S/C15H21ClN2O2S/c1-18(13-7-8-21-10-13)15(19)17-14(9-20-2)11-3-5-12(16)6-4-11/h3-6,13-14H,7-10H2,1-2H3,(H,17,19)/t13-,14+/m1/s1. The second-order valence-electron chi connectivity index (χ2n) is 5.14. The third kappa shape index (κ3) is 4.53. The van der Waals surface area contributed by atoms with E-state index in [2.05, 4.69) is 5.32 Å². The van der Waals surface area contributed by atoms with Gasteiger partial charge in [0.05, 0.1) is 12.6 Å². The van der Waals surface area contributed by atoms with Gasteiger partial charge in [0.1, 0.15) is 0 Å². The molecule has 1 aliphatic rings. The number of nitrogens with zero attached hydrogens (tertiary/aromatic N) is 1. The Morgan fingerprint density at radius 1 is 1.52 bits per heavy atom. The predicted octanol–water partition coefficient (Wildman–Crippen LogP) is 3.17. The Morgan fingerprint density at radius 3 is 2.81 bits per heavy atom. The first-order valence-corrected chi connectivity index (χ1v) is 8.50. The van der Waals surface area contributed by atoms with E-state index in [4.69, 9.17) is 16.3 Å². The molecular weight excluding hydrogens is 308 g/mol. The average molecular weight is 329 g/mol. The first-order valence-electron chi connectivity index (χ1n) is 6.97. The van der Waals surface area contributed by atoms with Gasteiger partial charge in [-0.1, -0.05) is 23.7 Å². The van der Waals surface area contributed by atoms with Crippen LogP contribution in [0.1, 0.15) is 18.0 Å². The minimum atomic E-state index is -0.170. The SMILES string of the molecule is COC[C@H](NC(=O)N(C)[C@@H]1CCSC1)c1ccc(Cl)cc1. The van der Waals surface area contributed by atoms with Crippen molar-refractivity contribution in [1.29, 1.82) is 0 Å². The van der Waals surface area contributed by atoms with Crippen LogP contribution >= 0.6 is 23.4 Å². The molecule has 2 amide bonds. The van der Waals surface area contributed by atoms with E-state index < -0.39 is 0 Å². The van der Waals surface area contributed by atoms with Crippen LogP contribution in [0.5, 0.6) is 0 Å². The molecule has 0 bridgehead atoms. The Morgan fingerprint density at radius 2 is 2.24 bits per heavy atom. The summed E-state index contributed by atoms with van der Waals surface area (Å²) >= 11 is 7.80. The van der Waals surface area contributed by atoms with Gasteiger partial charge in [0, 0.05) is 31.0 Å². The van der Waals surface area contributed by atoms with Gasteiger partial charge in [-0.05, 0) is 29.9 Å². The van der Waals surface area contributed by atoms with Crippen molar-refractivity contribution >= 4 is 29.4 Å². The zero-order valence-electron chi connectivity index (χ0n) is 12.3. The Labute approximate surface area is 135 Å². The maximum Gasteiger partial charge on any atom is 0.317 e. The lowest BCUT2D eigenvalue weighted by atomic mass is 10.1. The van der Waals surface area contributed by atoms with Crippen LogP contribution in [0.15, 0.2) is 24.3 Å². The van der Waals surface area contributed by atoms with E-state index in [1.165, 1.54) is 0 Å². The van der Waals surface area contributed by atoms with Crippen LogP contribution in [0.3, 0.4) is 0 Å². The van der Waals surface area contributed by atoms with Gasteiger partial charge in [-0.25, -0.2) is 4.79 Å². The molecular formula is C15H21ClN2O2S. The number of halogens is 1. The topological polar surface area (TPSA) is 41.6 Å². The quantitative estimate of drug-likeness (QED) is 0.902. The van der Waals surface area contributed by atoms with Crippen LogP contribution in [0, 0.1) is 0 Å². The van der Waals surface area contributed by atoms with Crippen molar-refractivity contribution in [3.63, 3.8) is 0 Å². The van der Waals surface area contributed by atoms with Crippen LogP contribution in [0.25, 0.3) is 0 Å². The Hall–Kier alpha value is -0.910. The number of urea groups is 1. The van der Waals surface area contributed by atoms with Crippen molar-refractivity contribution in [2.75, 3.05) is 32.3 Å². The number of benzene rings is 1. The summed E-state index contributed by atoms with van der Waals surface area (Å²) in [6.45, 7) is 0.431. The third-order valence-corrected chi connectivity index (χ3v) is 5.07. The van der Waals surface area contributed by atoms with E-state index in [1.54, 1.807) is 12.0 Å². The van der Waals surface area contributed by atoms with Crippen molar-refractivity contribution in [3.8, 4) is 0 Å². The lowest BCUT2D eigenvalue weighted by Gasteiger charge is -2.27. The van der Waals surface area contributed by atoms with Crippen molar-refractivity contribution in [3.05, 3.63) is 34.9 Å². The highest BCUT2D eigenvalue weighted by molar-refractivity contribution is 7.99. The molecule has 0 aromatic heterocycles. The minimum absolute atomic E-state index is 0.0560. The number of rotatable bonds is 5. The molecule has 0 saturated carbocycles. The van der Waals surface area contributed by atoms with Crippen molar-refractivity contribution in [2.24, 2.45) is 0 Å². The number of amides is 2. The normalized spacial score (nSPS) is 19.3. The zero-order chi connectivity index (χ0) is 15.2. The fourth-order valence-electron chi connectivity index (χ4n) is 2.33. The summed E-state index contributed by atoms with van der Waals surface area (Å²) in [6, 6.07) is 7.57. The number of carbonyl (C=O) groups excluding carboxylic acids is 1. The van der Waals surface area contributed by atoms with Gasteiger partial charge in [-0.3, -0.25) is 0 Å². The number of carbonyl (C=O) groups is 1. The molecule has 1 N–H and O–H groups in total. The maximum absolute atomic E-state index is 12.4. The molecule has 1 aromatic carbocycles. The van der Waals surface area contributed by atoms with E-state index in [9.17, 15) is 4.79 Å². The molecule has 2 atom stereocenters. The van der Waals surface area contributed by atoms with Gasteiger partial charge in [-0.2, -0.15) is 11.8 Å². The summed E-state index contributed by atoms with van der Waals surface area (Å²) in [5, 5.41) is 3.72. The van der Waals surface area contributed by atoms with Gasteiger partial charge in [0.25, 0.3) is 0 Å². The highest BCUT2D eigenvalue weighted by atomic mass is 35.5. The highest BCUT2D eigenvalue weighted by Crippen LogP contribution is 2.22.